The van der Waals surface area contributed by atoms with Crippen LogP contribution in [-0.4, -0.2) is 25.6 Å². The molecule has 0 fully saturated rings. The average Bonchev–Trinajstić information content (AvgIpc) is 2.37. The summed E-state index contributed by atoms with van der Waals surface area (Å²) in [6, 6.07) is 4.76. The Morgan fingerprint density at radius 2 is 2.05 bits per heavy atom. The second-order valence-electron chi connectivity index (χ2n) is 5.04. The fourth-order valence-corrected chi connectivity index (χ4v) is 1.89. The summed E-state index contributed by atoms with van der Waals surface area (Å²) in [5, 5.41) is 5.95. The van der Waals surface area contributed by atoms with E-state index in [9.17, 15) is 9.18 Å². The highest BCUT2D eigenvalue weighted by atomic mass is 19.1. The molecule has 4 nitrogen and oxygen atoms in total. The first-order chi connectivity index (χ1) is 9.43. The Balaban J connectivity index is 2.47. The molecular formula is C15H23FN2O2. The summed E-state index contributed by atoms with van der Waals surface area (Å²) in [5.74, 6) is 0.181. The SMILES string of the molecule is COc1ccc(C(C)NCCC(=O)NC(C)C)c(F)c1. The molecule has 0 heterocycles. The van der Waals surface area contributed by atoms with Crippen molar-refractivity contribution in [3.63, 3.8) is 0 Å². The van der Waals surface area contributed by atoms with E-state index < -0.39 is 0 Å². The summed E-state index contributed by atoms with van der Waals surface area (Å²) in [7, 11) is 1.50. The van der Waals surface area contributed by atoms with E-state index in [4.69, 9.17) is 4.74 Å². The molecule has 0 aliphatic heterocycles. The summed E-state index contributed by atoms with van der Waals surface area (Å²) in [6.07, 6.45) is 0.375. The third kappa shape index (κ3) is 5.17. The molecule has 0 saturated heterocycles. The van der Waals surface area contributed by atoms with Crippen LogP contribution in [-0.2, 0) is 4.79 Å². The van der Waals surface area contributed by atoms with Gasteiger partial charge in [0.15, 0.2) is 0 Å². The largest absolute Gasteiger partial charge is 0.497 e. The number of carbonyl (C=O) groups excluding carboxylic acids is 1. The molecule has 5 heteroatoms. The molecule has 1 amide bonds. The van der Waals surface area contributed by atoms with Crippen molar-refractivity contribution in [3.8, 4) is 5.75 Å². The van der Waals surface area contributed by atoms with Crippen LogP contribution in [0.1, 0.15) is 38.8 Å². The van der Waals surface area contributed by atoms with Crippen molar-refractivity contribution < 1.29 is 13.9 Å². The topological polar surface area (TPSA) is 50.4 Å². The third-order valence-corrected chi connectivity index (χ3v) is 2.93. The van der Waals surface area contributed by atoms with Gasteiger partial charge in [0, 0.05) is 36.7 Å². The van der Waals surface area contributed by atoms with Crippen LogP contribution in [0.25, 0.3) is 0 Å². The fourth-order valence-electron chi connectivity index (χ4n) is 1.89. The predicted octanol–water partition coefficient (Wildman–Crippen LogP) is 2.40. The minimum absolute atomic E-state index is 0.00472. The molecule has 1 rings (SSSR count). The van der Waals surface area contributed by atoms with Crippen molar-refractivity contribution in [1.82, 2.24) is 10.6 Å². The van der Waals surface area contributed by atoms with Gasteiger partial charge in [0.1, 0.15) is 11.6 Å². The number of ether oxygens (including phenoxy) is 1. The number of carbonyl (C=O) groups is 1. The number of hydrogen-bond acceptors (Lipinski definition) is 3. The lowest BCUT2D eigenvalue weighted by molar-refractivity contribution is -0.121. The number of methoxy groups -OCH3 is 1. The molecular weight excluding hydrogens is 259 g/mol. The van der Waals surface area contributed by atoms with Gasteiger partial charge in [0.25, 0.3) is 0 Å². The van der Waals surface area contributed by atoms with Gasteiger partial charge >= 0.3 is 0 Å². The van der Waals surface area contributed by atoms with Gasteiger partial charge in [0.05, 0.1) is 7.11 Å². The first-order valence-electron chi connectivity index (χ1n) is 6.80. The van der Waals surface area contributed by atoms with Crippen molar-refractivity contribution in [2.24, 2.45) is 0 Å². The zero-order valence-corrected chi connectivity index (χ0v) is 12.5. The summed E-state index contributed by atoms with van der Waals surface area (Å²) in [5.41, 5.74) is 0.565. The maximum absolute atomic E-state index is 13.8. The van der Waals surface area contributed by atoms with E-state index in [0.29, 0.717) is 24.3 Å². The molecule has 0 aliphatic rings. The second-order valence-corrected chi connectivity index (χ2v) is 5.04. The highest BCUT2D eigenvalue weighted by Crippen LogP contribution is 2.21. The average molecular weight is 282 g/mol. The number of halogens is 1. The van der Waals surface area contributed by atoms with E-state index >= 15 is 0 Å². The molecule has 0 saturated carbocycles. The van der Waals surface area contributed by atoms with Gasteiger partial charge < -0.3 is 15.4 Å². The van der Waals surface area contributed by atoms with Crippen LogP contribution in [0, 0.1) is 5.82 Å². The molecule has 0 aliphatic carbocycles. The van der Waals surface area contributed by atoms with Gasteiger partial charge in [-0.25, -0.2) is 4.39 Å². The van der Waals surface area contributed by atoms with Crippen LogP contribution in [0.4, 0.5) is 4.39 Å². The zero-order chi connectivity index (χ0) is 15.1. The maximum atomic E-state index is 13.8. The van der Waals surface area contributed by atoms with E-state index in [2.05, 4.69) is 10.6 Å². The lowest BCUT2D eigenvalue weighted by Crippen LogP contribution is -2.33. The number of rotatable bonds is 7. The van der Waals surface area contributed by atoms with Gasteiger partial charge in [-0.1, -0.05) is 6.07 Å². The van der Waals surface area contributed by atoms with Crippen LogP contribution < -0.4 is 15.4 Å². The van der Waals surface area contributed by atoms with E-state index in [1.165, 1.54) is 13.2 Å². The zero-order valence-electron chi connectivity index (χ0n) is 12.5. The van der Waals surface area contributed by atoms with Crippen molar-refractivity contribution in [1.29, 1.82) is 0 Å². The predicted molar refractivity (Wildman–Crippen MR) is 77.3 cm³/mol. The van der Waals surface area contributed by atoms with Crippen LogP contribution in [0.2, 0.25) is 0 Å². The monoisotopic (exact) mass is 282 g/mol. The molecule has 0 bridgehead atoms. The minimum Gasteiger partial charge on any atom is -0.497 e. The van der Waals surface area contributed by atoms with Crippen LogP contribution >= 0.6 is 0 Å². The lowest BCUT2D eigenvalue weighted by atomic mass is 10.1. The van der Waals surface area contributed by atoms with Gasteiger partial charge in [-0.2, -0.15) is 0 Å². The van der Waals surface area contributed by atoms with Crippen LogP contribution in [0.3, 0.4) is 0 Å². The highest BCUT2D eigenvalue weighted by molar-refractivity contribution is 5.76. The number of hydrogen-bond donors (Lipinski definition) is 2. The van der Waals surface area contributed by atoms with Gasteiger partial charge in [-0.15, -0.1) is 0 Å². The van der Waals surface area contributed by atoms with E-state index in [1.54, 1.807) is 12.1 Å². The number of benzene rings is 1. The maximum Gasteiger partial charge on any atom is 0.221 e. The Kier molecular flexibility index (Phi) is 6.45. The summed E-state index contributed by atoms with van der Waals surface area (Å²) >= 11 is 0. The number of amides is 1. The molecule has 0 radical (unpaired) electrons. The summed E-state index contributed by atoms with van der Waals surface area (Å²) in [4.78, 5) is 11.5. The molecule has 1 unspecified atom stereocenters. The third-order valence-electron chi connectivity index (χ3n) is 2.93. The molecule has 20 heavy (non-hydrogen) atoms. The molecule has 1 aromatic carbocycles. The first-order valence-corrected chi connectivity index (χ1v) is 6.80. The van der Waals surface area contributed by atoms with Crippen molar-refractivity contribution in [2.45, 2.75) is 39.3 Å². The van der Waals surface area contributed by atoms with Crippen LogP contribution in [0.15, 0.2) is 18.2 Å². The molecule has 0 aromatic heterocycles. The van der Waals surface area contributed by atoms with E-state index in [1.807, 2.05) is 20.8 Å². The van der Waals surface area contributed by atoms with Gasteiger partial charge in [-0.05, 0) is 26.8 Å². The van der Waals surface area contributed by atoms with Crippen LogP contribution in [0.5, 0.6) is 5.75 Å². The summed E-state index contributed by atoms with van der Waals surface area (Å²) < 4.78 is 18.8. The Labute approximate surface area is 119 Å². The Bertz CT molecular complexity index is 449. The van der Waals surface area contributed by atoms with E-state index in [-0.39, 0.29) is 23.8 Å². The Hall–Kier alpha value is -1.62. The van der Waals surface area contributed by atoms with Gasteiger partial charge in [0.2, 0.25) is 5.91 Å². The minimum atomic E-state index is -0.309. The highest BCUT2D eigenvalue weighted by Gasteiger charge is 2.12. The van der Waals surface area contributed by atoms with E-state index in [0.717, 1.165) is 0 Å². The van der Waals surface area contributed by atoms with Crippen molar-refractivity contribution >= 4 is 5.91 Å². The normalized spacial score (nSPS) is 12.3. The molecule has 2 N–H and O–H groups in total. The molecule has 1 aromatic rings. The Morgan fingerprint density at radius 3 is 2.60 bits per heavy atom. The Morgan fingerprint density at radius 1 is 1.35 bits per heavy atom. The molecule has 0 spiro atoms. The smallest absolute Gasteiger partial charge is 0.221 e. The molecule has 112 valence electrons. The van der Waals surface area contributed by atoms with Gasteiger partial charge in [-0.3, -0.25) is 4.79 Å². The van der Waals surface area contributed by atoms with Crippen molar-refractivity contribution in [2.75, 3.05) is 13.7 Å². The van der Waals surface area contributed by atoms with Crippen molar-refractivity contribution in [3.05, 3.63) is 29.6 Å². The lowest BCUT2D eigenvalue weighted by Gasteiger charge is -2.16. The first kappa shape index (κ1) is 16.4. The standard InChI is InChI=1S/C15H23FN2O2/c1-10(2)18-15(19)7-8-17-11(3)13-6-5-12(20-4)9-14(13)16/h5-6,9-11,17H,7-8H2,1-4H3,(H,18,19). The quantitative estimate of drug-likeness (QED) is 0.807. The summed E-state index contributed by atoms with van der Waals surface area (Å²) in [6.45, 7) is 6.21. The molecule has 1 atom stereocenters. The number of nitrogens with one attached hydrogen (secondary N) is 2. The second kappa shape index (κ2) is 7.85. The fraction of sp³-hybridized carbons (Fsp3) is 0.533.